The number of benzene rings is 4. The molecule has 0 aliphatic heterocycles. The predicted molar refractivity (Wildman–Crippen MR) is 177 cm³/mol. The Morgan fingerprint density at radius 3 is 2.16 bits per heavy atom. The van der Waals surface area contributed by atoms with Crippen LogP contribution in [0.25, 0.3) is 0 Å². The summed E-state index contributed by atoms with van der Waals surface area (Å²) in [5.41, 5.74) is 1.63. The molecule has 0 aliphatic carbocycles. The van der Waals surface area contributed by atoms with E-state index in [9.17, 15) is 18.0 Å². The third kappa shape index (κ3) is 8.54. The summed E-state index contributed by atoms with van der Waals surface area (Å²) < 4.78 is 29.1. The van der Waals surface area contributed by atoms with Gasteiger partial charge in [0.15, 0.2) is 0 Å². The molecule has 4 rings (SSSR count). The Bertz CT molecular complexity index is 1690. The van der Waals surface area contributed by atoms with Crippen LogP contribution < -0.4 is 9.62 Å². The van der Waals surface area contributed by atoms with Gasteiger partial charge in [-0.3, -0.25) is 13.9 Å². The second-order valence-electron chi connectivity index (χ2n) is 10.1. The number of halogens is 3. The summed E-state index contributed by atoms with van der Waals surface area (Å²) in [6.07, 6.45) is 0.901. The zero-order valence-electron chi connectivity index (χ0n) is 24.0. The van der Waals surface area contributed by atoms with Gasteiger partial charge in [-0.1, -0.05) is 96.3 Å². The van der Waals surface area contributed by atoms with Crippen LogP contribution in [0.5, 0.6) is 0 Å². The number of hydrogen-bond donors (Lipinski definition) is 1. The molecule has 4 aromatic rings. The van der Waals surface area contributed by atoms with E-state index in [1.54, 1.807) is 42.5 Å². The molecule has 0 fully saturated rings. The van der Waals surface area contributed by atoms with Gasteiger partial charge in [0, 0.05) is 34.6 Å². The number of hydrogen-bond acceptors (Lipinski definition) is 4. The fourth-order valence-electron chi connectivity index (χ4n) is 4.62. The molecule has 4 aromatic carbocycles. The molecular weight excluding hydrogens is 641 g/mol. The monoisotopic (exact) mass is 671 g/mol. The van der Waals surface area contributed by atoms with Crippen molar-refractivity contribution in [2.45, 2.75) is 37.2 Å². The van der Waals surface area contributed by atoms with Crippen LogP contribution in [0.4, 0.5) is 5.69 Å². The fourth-order valence-corrected chi connectivity index (χ4v) is 6.54. The van der Waals surface area contributed by atoms with Crippen molar-refractivity contribution in [1.29, 1.82) is 0 Å². The van der Waals surface area contributed by atoms with Crippen molar-refractivity contribution in [2.75, 3.05) is 17.4 Å². The Morgan fingerprint density at radius 2 is 1.50 bits per heavy atom. The number of nitrogens with zero attached hydrogens (tertiary/aromatic N) is 2. The van der Waals surface area contributed by atoms with Crippen molar-refractivity contribution in [1.82, 2.24) is 10.2 Å². The van der Waals surface area contributed by atoms with E-state index in [0.29, 0.717) is 33.6 Å². The average molecular weight is 673 g/mol. The van der Waals surface area contributed by atoms with Crippen LogP contribution >= 0.6 is 34.8 Å². The Hall–Kier alpha value is -3.56. The maximum Gasteiger partial charge on any atom is 0.264 e. The predicted octanol–water partition coefficient (Wildman–Crippen LogP) is 7.01. The van der Waals surface area contributed by atoms with Gasteiger partial charge in [-0.15, -0.1) is 0 Å². The van der Waals surface area contributed by atoms with Crippen LogP contribution in [-0.2, 0) is 32.6 Å². The Balaban J connectivity index is 1.80. The normalized spacial score (nSPS) is 11.9. The highest BCUT2D eigenvalue weighted by molar-refractivity contribution is 7.92. The van der Waals surface area contributed by atoms with E-state index in [0.717, 1.165) is 9.87 Å². The number of rotatable bonds is 13. The average Bonchev–Trinajstić information content (AvgIpc) is 3.01. The van der Waals surface area contributed by atoms with Crippen LogP contribution in [0, 0.1) is 0 Å². The van der Waals surface area contributed by atoms with Gasteiger partial charge >= 0.3 is 0 Å². The second kappa shape index (κ2) is 15.4. The van der Waals surface area contributed by atoms with Gasteiger partial charge in [0.1, 0.15) is 12.6 Å². The number of anilines is 1. The number of carbonyl (C=O) groups excluding carboxylic acids is 2. The van der Waals surface area contributed by atoms with Gasteiger partial charge in [-0.05, 0) is 66.1 Å². The van der Waals surface area contributed by atoms with Gasteiger partial charge in [-0.2, -0.15) is 0 Å². The number of carbonyl (C=O) groups is 2. The Morgan fingerprint density at radius 1 is 0.818 bits per heavy atom. The topological polar surface area (TPSA) is 86.8 Å². The summed E-state index contributed by atoms with van der Waals surface area (Å²) >= 11 is 18.8. The molecule has 0 saturated heterocycles. The molecule has 11 heteroatoms. The van der Waals surface area contributed by atoms with Gasteiger partial charge in [0.2, 0.25) is 11.8 Å². The molecule has 230 valence electrons. The van der Waals surface area contributed by atoms with Crippen LogP contribution in [0.15, 0.2) is 108 Å². The van der Waals surface area contributed by atoms with E-state index in [1.165, 1.54) is 35.2 Å². The van der Waals surface area contributed by atoms with E-state index in [4.69, 9.17) is 34.8 Å². The summed E-state index contributed by atoms with van der Waals surface area (Å²) in [7, 11) is -4.27. The quantitative estimate of drug-likeness (QED) is 0.166. The lowest BCUT2D eigenvalue weighted by Gasteiger charge is -2.34. The van der Waals surface area contributed by atoms with Gasteiger partial charge in [0.25, 0.3) is 10.0 Å². The lowest BCUT2D eigenvalue weighted by Crippen LogP contribution is -2.53. The molecule has 0 saturated carbocycles. The van der Waals surface area contributed by atoms with Crippen molar-refractivity contribution in [3.05, 3.63) is 129 Å². The van der Waals surface area contributed by atoms with E-state index >= 15 is 0 Å². The number of sulfonamides is 1. The summed E-state index contributed by atoms with van der Waals surface area (Å²) in [5.74, 6) is -0.957. The van der Waals surface area contributed by atoms with E-state index in [-0.39, 0.29) is 29.5 Å². The van der Waals surface area contributed by atoms with Crippen molar-refractivity contribution in [2.24, 2.45) is 0 Å². The Labute approximate surface area is 273 Å². The van der Waals surface area contributed by atoms with E-state index < -0.39 is 28.5 Å². The maximum absolute atomic E-state index is 14.4. The van der Waals surface area contributed by atoms with Crippen LogP contribution in [0.1, 0.15) is 24.5 Å². The van der Waals surface area contributed by atoms with Crippen LogP contribution in [0.2, 0.25) is 15.1 Å². The molecule has 44 heavy (non-hydrogen) atoms. The molecule has 2 amide bonds. The standard InChI is InChI=1S/C33H32Cl3N3O4S/c1-2-19-37-33(41)31(20-24-9-4-3-5-10-24)38(22-25-11-6-7-14-30(25)36)32(40)23-39(28-13-8-12-27(35)21-28)44(42,43)29-17-15-26(34)16-18-29/h3-18,21,31H,2,19-20,22-23H2,1H3,(H,37,41)/t31-/m0/s1. The molecule has 0 aromatic heterocycles. The third-order valence-electron chi connectivity index (χ3n) is 6.90. The van der Waals surface area contributed by atoms with Gasteiger partial charge in [-0.25, -0.2) is 8.42 Å². The van der Waals surface area contributed by atoms with E-state index in [2.05, 4.69) is 5.32 Å². The molecule has 0 aliphatic rings. The largest absolute Gasteiger partial charge is 0.354 e. The highest BCUT2D eigenvalue weighted by atomic mass is 35.5. The minimum atomic E-state index is -4.27. The first-order valence-electron chi connectivity index (χ1n) is 14.0. The molecule has 0 spiro atoms. The highest BCUT2D eigenvalue weighted by Gasteiger charge is 2.35. The minimum Gasteiger partial charge on any atom is -0.354 e. The number of nitrogens with one attached hydrogen (secondary N) is 1. The first-order chi connectivity index (χ1) is 21.1. The van der Waals surface area contributed by atoms with Crippen molar-refractivity contribution < 1.29 is 18.0 Å². The van der Waals surface area contributed by atoms with Crippen molar-refractivity contribution in [3.8, 4) is 0 Å². The molecule has 0 radical (unpaired) electrons. The first-order valence-corrected chi connectivity index (χ1v) is 16.6. The summed E-state index contributed by atoms with van der Waals surface area (Å²) in [6, 6.07) is 27.3. The molecule has 1 N–H and O–H groups in total. The van der Waals surface area contributed by atoms with Crippen LogP contribution in [-0.4, -0.2) is 44.3 Å². The molecule has 1 atom stereocenters. The lowest BCUT2D eigenvalue weighted by atomic mass is 10.0. The molecule has 0 heterocycles. The van der Waals surface area contributed by atoms with E-state index in [1.807, 2.05) is 37.3 Å². The Kier molecular flexibility index (Phi) is 11.7. The minimum absolute atomic E-state index is 0.0278. The summed E-state index contributed by atoms with van der Waals surface area (Å²) in [6.45, 7) is 1.71. The highest BCUT2D eigenvalue weighted by Crippen LogP contribution is 2.28. The first kappa shape index (κ1) is 33.3. The molecular formula is C33H32Cl3N3O4S. The summed E-state index contributed by atoms with van der Waals surface area (Å²) in [4.78, 5) is 29.4. The summed E-state index contributed by atoms with van der Waals surface area (Å²) in [5, 5.41) is 3.98. The SMILES string of the molecule is CCCNC(=O)[C@H](Cc1ccccc1)N(Cc1ccccc1Cl)C(=O)CN(c1cccc(Cl)c1)S(=O)(=O)c1ccc(Cl)cc1. The fraction of sp³-hybridized carbons (Fsp3) is 0.212. The zero-order valence-corrected chi connectivity index (χ0v) is 27.1. The van der Waals surface area contributed by atoms with Crippen LogP contribution in [0.3, 0.4) is 0 Å². The van der Waals surface area contributed by atoms with Crippen molar-refractivity contribution in [3.63, 3.8) is 0 Å². The molecule has 0 unspecified atom stereocenters. The zero-order chi connectivity index (χ0) is 31.7. The van der Waals surface area contributed by atoms with Gasteiger partial charge in [0.05, 0.1) is 10.6 Å². The number of amides is 2. The molecule has 0 bridgehead atoms. The van der Waals surface area contributed by atoms with Crippen molar-refractivity contribution >= 4 is 62.3 Å². The lowest BCUT2D eigenvalue weighted by molar-refractivity contribution is -0.140. The smallest absolute Gasteiger partial charge is 0.264 e. The van der Waals surface area contributed by atoms with Gasteiger partial charge < -0.3 is 10.2 Å². The second-order valence-corrected chi connectivity index (χ2v) is 13.2. The maximum atomic E-state index is 14.4. The third-order valence-corrected chi connectivity index (χ3v) is 9.54. The molecule has 7 nitrogen and oxygen atoms in total.